The van der Waals surface area contributed by atoms with E-state index in [9.17, 15) is 14.0 Å². The minimum atomic E-state index is -0.313. The summed E-state index contributed by atoms with van der Waals surface area (Å²) in [4.78, 5) is 26.0. The maximum absolute atomic E-state index is 13.2. The maximum Gasteiger partial charge on any atom is 0.238 e. The average Bonchev–Trinajstić information content (AvgIpc) is 2.55. The molecule has 0 atom stereocenters. The third kappa shape index (κ3) is 6.29. The van der Waals surface area contributed by atoms with E-state index in [-0.39, 0.29) is 30.6 Å². The number of likely N-dealkylation sites (N-methyl/N-ethyl adjacent to an activating group) is 1. The minimum absolute atomic E-state index is 0.158. The second-order valence-corrected chi connectivity index (χ2v) is 6.51. The van der Waals surface area contributed by atoms with Crippen LogP contribution in [0.25, 0.3) is 0 Å². The van der Waals surface area contributed by atoms with Crippen molar-refractivity contribution < 1.29 is 14.0 Å². The highest BCUT2D eigenvalue weighted by Gasteiger charge is 2.11. The van der Waals surface area contributed by atoms with E-state index in [1.54, 1.807) is 23.1 Å². The zero-order valence-corrected chi connectivity index (χ0v) is 15.3. The van der Waals surface area contributed by atoms with Crippen molar-refractivity contribution in [2.24, 2.45) is 0 Å². The summed E-state index contributed by atoms with van der Waals surface area (Å²) in [6.45, 7) is 2.16. The molecule has 0 saturated heterocycles. The van der Waals surface area contributed by atoms with Crippen LogP contribution in [0.15, 0.2) is 42.5 Å². The highest BCUT2D eigenvalue weighted by atomic mass is 19.1. The third-order valence-electron chi connectivity index (χ3n) is 3.71. The molecule has 0 fully saturated rings. The Hall–Kier alpha value is -2.73. The van der Waals surface area contributed by atoms with Crippen LogP contribution in [0.1, 0.15) is 17.5 Å². The predicted octanol–water partition coefficient (Wildman–Crippen LogP) is 3.21. The molecular formula is C20H24FN3O2. The Balaban J connectivity index is 2.01. The molecule has 2 N–H and O–H groups in total. The van der Waals surface area contributed by atoms with E-state index in [4.69, 9.17) is 0 Å². The Kier molecular flexibility index (Phi) is 6.86. The third-order valence-corrected chi connectivity index (χ3v) is 3.71. The number of amides is 2. The number of anilines is 2. The number of hydrogen-bond donors (Lipinski definition) is 2. The molecule has 26 heavy (non-hydrogen) atoms. The number of benzene rings is 2. The van der Waals surface area contributed by atoms with Crippen LogP contribution in [0.2, 0.25) is 0 Å². The van der Waals surface area contributed by atoms with Gasteiger partial charge in [-0.15, -0.1) is 0 Å². The van der Waals surface area contributed by atoms with Crippen molar-refractivity contribution in [2.45, 2.75) is 19.8 Å². The van der Waals surface area contributed by atoms with Crippen LogP contribution in [0.4, 0.5) is 15.8 Å². The summed E-state index contributed by atoms with van der Waals surface area (Å²) in [5.41, 5.74) is 2.85. The SMILES string of the molecule is Cc1ccc(NC(=O)CN(C)C)c(NC(=O)CCc2cccc(F)c2)c1. The quantitative estimate of drug-likeness (QED) is 0.800. The molecule has 5 nitrogen and oxygen atoms in total. The second kappa shape index (κ2) is 9.10. The van der Waals surface area contributed by atoms with Crippen molar-refractivity contribution in [1.29, 1.82) is 0 Å². The van der Waals surface area contributed by atoms with Gasteiger partial charge >= 0.3 is 0 Å². The Labute approximate surface area is 153 Å². The van der Waals surface area contributed by atoms with E-state index in [1.807, 2.05) is 33.2 Å². The monoisotopic (exact) mass is 357 g/mol. The molecule has 0 aliphatic carbocycles. The fraction of sp³-hybridized carbons (Fsp3) is 0.300. The van der Waals surface area contributed by atoms with Crippen LogP contribution in [-0.2, 0) is 16.0 Å². The van der Waals surface area contributed by atoms with E-state index in [0.717, 1.165) is 11.1 Å². The molecule has 0 unspecified atom stereocenters. The number of rotatable bonds is 7. The van der Waals surface area contributed by atoms with Gasteiger partial charge in [0, 0.05) is 6.42 Å². The molecule has 0 aliphatic rings. The van der Waals surface area contributed by atoms with Gasteiger partial charge in [0.25, 0.3) is 0 Å². The first-order valence-electron chi connectivity index (χ1n) is 8.43. The molecule has 2 rings (SSSR count). The summed E-state index contributed by atoms with van der Waals surface area (Å²) in [7, 11) is 3.62. The first-order valence-corrected chi connectivity index (χ1v) is 8.43. The molecule has 0 aromatic heterocycles. The van der Waals surface area contributed by atoms with E-state index < -0.39 is 0 Å². The number of halogens is 1. The van der Waals surface area contributed by atoms with E-state index in [2.05, 4.69) is 10.6 Å². The number of nitrogens with zero attached hydrogens (tertiary/aromatic N) is 1. The maximum atomic E-state index is 13.2. The average molecular weight is 357 g/mol. The van der Waals surface area contributed by atoms with Crippen molar-refractivity contribution in [1.82, 2.24) is 4.90 Å². The molecule has 2 aromatic carbocycles. The van der Waals surface area contributed by atoms with Gasteiger partial charge in [-0.25, -0.2) is 4.39 Å². The first kappa shape index (κ1) is 19.6. The van der Waals surface area contributed by atoms with Crippen LogP contribution < -0.4 is 10.6 Å². The molecule has 2 amide bonds. The summed E-state index contributed by atoms with van der Waals surface area (Å²) in [5.74, 6) is -0.662. The van der Waals surface area contributed by atoms with E-state index in [0.29, 0.717) is 17.8 Å². The fourth-order valence-corrected chi connectivity index (χ4v) is 2.51. The molecule has 0 saturated carbocycles. The molecule has 0 radical (unpaired) electrons. The summed E-state index contributed by atoms with van der Waals surface area (Å²) in [6.07, 6.45) is 0.667. The lowest BCUT2D eigenvalue weighted by Gasteiger charge is -2.15. The van der Waals surface area contributed by atoms with Gasteiger partial charge in [0.2, 0.25) is 11.8 Å². The van der Waals surface area contributed by atoms with Gasteiger partial charge in [-0.2, -0.15) is 0 Å². The molecule has 0 aliphatic heterocycles. The molecule has 6 heteroatoms. The van der Waals surface area contributed by atoms with Crippen molar-refractivity contribution >= 4 is 23.2 Å². The zero-order chi connectivity index (χ0) is 19.1. The van der Waals surface area contributed by atoms with Crippen LogP contribution in [0, 0.1) is 12.7 Å². The number of nitrogens with one attached hydrogen (secondary N) is 2. The van der Waals surface area contributed by atoms with Gasteiger partial charge in [-0.05, 0) is 62.8 Å². The van der Waals surface area contributed by atoms with Crippen LogP contribution in [-0.4, -0.2) is 37.4 Å². The minimum Gasteiger partial charge on any atom is -0.324 e. The molecule has 0 bridgehead atoms. The molecule has 0 spiro atoms. The summed E-state index contributed by atoms with van der Waals surface area (Å²) < 4.78 is 13.2. The van der Waals surface area contributed by atoms with Gasteiger partial charge < -0.3 is 15.5 Å². The normalized spacial score (nSPS) is 10.7. The van der Waals surface area contributed by atoms with Crippen LogP contribution in [0.3, 0.4) is 0 Å². The lowest BCUT2D eigenvalue weighted by molar-refractivity contribution is -0.117. The van der Waals surface area contributed by atoms with Gasteiger partial charge in [0.05, 0.1) is 17.9 Å². The summed E-state index contributed by atoms with van der Waals surface area (Å²) in [5, 5.41) is 5.64. The molecule has 138 valence electrons. The summed E-state index contributed by atoms with van der Waals surface area (Å²) in [6, 6.07) is 11.7. The number of carbonyl (C=O) groups excluding carboxylic acids is 2. The zero-order valence-electron chi connectivity index (χ0n) is 15.3. The Bertz CT molecular complexity index is 790. The van der Waals surface area contributed by atoms with Crippen LogP contribution >= 0.6 is 0 Å². The highest BCUT2D eigenvalue weighted by Crippen LogP contribution is 2.23. The number of aryl methyl sites for hydroxylation is 2. The Morgan fingerprint density at radius 2 is 1.73 bits per heavy atom. The standard InChI is InChI=1S/C20H24FN3O2/c1-14-7-9-17(22-20(26)13-24(2)3)18(11-14)23-19(25)10-8-15-5-4-6-16(21)12-15/h4-7,9,11-12H,8,10,13H2,1-3H3,(H,22,26)(H,23,25). The topological polar surface area (TPSA) is 61.4 Å². The highest BCUT2D eigenvalue weighted by molar-refractivity contribution is 6.00. The summed E-state index contributed by atoms with van der Waals surface area (Å²) >= 11 is 0. The number of hydrogen-bond acceptors (Lipinski definition) is 3. The van der Waals surface area contributed by atoms with Gasteiger partial charge in [0.15, 0.2) is 0 Å². The van der Waals surface area contributed by atoms with Gasteiger partial charge in [-0.3, -0.25) is 9.59 Å². The van der Waals surface area contributed by atoms with Gasteiger partial charge in [0.1, 0.15) is 5.82 Å². The molecule has 2 aromatic rings. The molecule has 0 heterocycles. The Morgan fingerprint density at radius 3 is 2.42 bits per heavy atom. The Morgan fingerprint density at radius 1 is 1.00 bits per heavy atom. The fourth-order valence-electron chi connectivity index (χ4n) is 2.51. The number of carbonyl (C=O) groups is 2. The lowest BCUT2D eigenvalue weighted by atomic mass is 10.1. The predicted molar refractivity (Wildman–Crippen MR) is 102 cm³/mol. The molecular weight excluding hydrogens is 333 g/mol. The first-order chi connectivity index (χ1) is 12.3. The van der Waals surface area contributed by atoms with Crippen molar-refractivity contribution in [2.75, 3.05) is 31.3 Å². The lowest BCUT2D eigenvalue weighted by Crippen LogP contribution is -2.27. The van der Waals surface area contributed by atoms with E-state index >= 15 is 0 Å². The smallest absolute Gasteiger partial charge is 0.238 e. The second-order valence-electron chi connectivity index (χ2n) is 6.51. The van der Waals surface area contributed by atoms with Crippen molar-refractivity contribution in [3.8, 4) is 0 Å². The van der Waals surface area contributed by atoms with Crippen LogP contribution in [0.5, 0.6) is 0 Å². The van der Waals surface area contributed by atoms with Crippen molar-refractivity contribution in [3.05, 3.63) is 59.4 Å². The van der Waals surface area contributed by atoms with Gasteiger partial charge in [-0.1, -0.05) is 18.2 Å². The van der Waals surface area contributed by atoms with Crippen molar-refractivity contribution in [3.63, 3.8) is 0 Å². The largest absolute Gasteiger partial charge is 0.324 e. The van der Waals surface area contributed by atoms with E-state index in [1.165, 1.54) is 12.1 Å².